The molecule has 0 saturated carbocycles. The second-order valence-electron chi connectivity index (χ2n) is 17.1. The number of fused-ring (bicyclic) bond motifs is 1. The molecule has 0 heterocycles. The van der Waals surface area contributed by atoms with Crippen molar-refractivity contribution in [3.8, 4) is 11.5 Å². The molecule has 0 amide bonds. The summed E-state index contributed by atoms with van der Waals surface area (Å²) in [5, 5.41) is 1.34. The molecule has 0 aromatic heterocycles. The maximum atomic E-state index is 14.3. The Hall–Kier alpha value is -4.35. The molecule has 3 aromatic rings. The van der Waals surface area contributed by atoms with Crippen molar-refractivity contribution < 1.29 is 17.9 Å². The number of benzene rings is 3. The van der Waals surface area contributed by atoms with Gasteiger partial charge in [0.2, 0.25) is 0 Å². The minimum Gasteiger partial charge on any atom is -0.493 e. The van der Waals surface area contributed by atoms with Crippen LogP contribution in [-0.2, 0) is 16.3 Å². The van der Waals surface area contributed by atoms with Gasteiger partial charge in [0.15, 0.2) is 9.84 Å². The number of ether oxygens (including phenoxy) is 2. The lowest BCUT2D eigenvalue weighted by molar-refractivity contribution is 0.332. The summed E-state index contributed by atoms with van der Waals surface area (Å²) in [6.45, 7) is 24.6. The van der Waals surface area contributed by atoms with E-state index in [1.54, 1.807) is 24.3 Å². The molecule has 332 valence electrons. The number of sulfone groups is 1. The first-order valence-electron chi connectivity index (χ1n) is 22.9. The van der Waals surface area contributed by atoms with Crippen molar-refractivity contribution in [1.29, 1.82) is 0 Å². The SMILES string of the molecule is CCOc1c(C)c(C/C=C(\C)C(C/C=C(\C)CC/C=C(\C)CC/C=C(\C)CC/C=C(\C)CC/C=C(\C)CCC=C(C)C)S(=O)(=O)c2ccccc2)c(OCC)c2ccccc12. The lowest BCUT2D eigenvalue weighted by Crippen LogP contribution is -2.22. The Kier molecular flexibility index (Phi) is 22.5. The van der Waals surface area contributed by atoms with Crippen molar-refractivity contribution in [3.63, 3.8) is 0 Å². The Morgan fingerprint density at radius 3 is 1.41 bits per heavy atom. The van der Waals surface area contributed by atoms with Gasteiger partial charge in [-0.2, -0.15) is 0 Å². The fourth-order valence-electron chi connectivity index (χ4n) is 7.75. The van der Waals surface area contributed by atoms with E-state index in [1.807, 2.05) is 39.0 Å². The molecule has 0 radical (unpaired) electrons. The monoisotopic (exact) mass is 847 g/mol. The third-order valence-corrected chi connectivity index (χ3v) is 13.8. The Morgan fingerprint density at radius 2 is 0.951 bits per heavy atom. The molecule has 1 atom stereocenters. The minimum atomic E-state index is -3.65. The zero-order valence-electron chi connectivity index (χ0n) is 39.8. The highest BCUT2D eigenvalue weighted by Crippen LogP contribution is 2.41. The van der Waals surface area contributed by atoms with E-state index in [0.29, 0.717) is 31.0 Å². The van der Waals surface area contributed by atoms with E-state index in [4.69, 9.17) is 9.47 Å². The predicted molar refractivity (Wildman–Crippen MR) is 265 cm³/mol. The van der Waals surface area contributed by atoms with Gasteiger partial charge in [-0.05, 0) is 171 Å². The molecule has 0 aliphatic carbocycles. The number of allylic oxidation sites excluding steroid dienone is 13. The van der Waals surface area contributed by atoms with E-state index < -0.39 is 15.1 Å². The van der Waals surface area contributed by atoms with Crippen molar-refractivity contribution in [2.24, 2.45) is 0 Å². The average molecular weight is 847 g/mol. The van der Waals surface area contributed by atoms with E-state index in [0.717, 1.165) is 103 Å². The van der Waals surface area contributed by atoms with E-state index in [-0.39, 0.29) is 0 Å². The fourth-order valence-corrected chi connectivity index (χ4v) is 9.55. The van der Waals surface area contributed by atoms with E-state index >= 15 is 0 Å². The van der Waals surface area contributed by atoms with Gasteiger partial charge in [-0.25, -0.2) is 8.42 Å². The first-order chi connectivity index (χ1) is 29.2. The molecule has 1 unspecified atom stereocenters. The number of rotatable bonds is 26. The van der Waals surface area contributed by atoms with Crippen LogP contribution in [0.25, 0.3) is 10.8 Å². The van der Waals surface area contributed by atoms with E-state index in [1.165, 1.54) is 33.4 Å². The minimum absolute atomic E-state index is 0.351. The standard InChI is InChI=1S/C56H78O4S/c1-12-59-55-49(11)51(56(60-13-2)53-37-18-17-36-52(53)55)40-39-48(10)54(61(57,58)50-34-15-14-16-35-50)41-38-47(9)33-23-32-46(8)31-22-30-45(7)29-21-28-44(6)27-20-26-43(5)25-19-24-42(3)4/h14-18,24,26,28,30,32,34-39,54H,12-13,19-23,25,27,29,31,33,40-41H2,1-11H3/b43-26+,44-28+,45-30+,46-32+,47-38+,48-39+. The highest BCUT2D eigenvalue weighted by atomic mass is 32.2. The third kappa shape index (κ3) is 17.1. The Bertz CT molecular complexity index is 2170. The highest BCUT2D eigenvalue weighted by Gasteiger charge is 2.28. The smallest absolute Gasteiger partial charge is 0.185 e. The van der Waals surface area contributed by atoms with Crippen molar-refractivity contribution >= 4 is 20.6 Å². The van der Waals surface area contributed by atoms with Gasteiger partial charge in [0.25, 0.3) is 0 Å². The van der Waals surface area contributed by atoms with Crippen molar-refractivity contribution in [2.45, 2.75) is 163 Å². The molecule has 3 aromatic carbocycles. The van der Waals surface area contributed by atoms with Gasteiger partial charge in [0, 0.05) is 16.3 Å². The van der Waals surface area contributed by atoms with Crippen LogP contribution in [0.2, 0.25) is 0 Å². The second-order valence-corrected chi connectivity index (χ2v) is 19.3. The summed E-state index contributed by atoms with van der Waals surface area (Å²) in [6.07, 6.45) is 27.9. The Balaban J connectivity index is 1.63. The molecule has 0 spiro atoms. The summed E-state index contributed by atoms with van der Waals surface area (Å²) < 4.78 is 41.0. The molecule has 3 rings (SSSR count). The molecule has 61 heavy (non-hydrogen) atoms. The van der Waals surface area contributed by atoms with Gasteiger partial charge in [0.1, 0.15) is 11.5 Å². The molecular formula is C56H78O4S. The molecule has 0 aliphatic heterocycles. The predicted octanol–water partition coefficient (Wildman–Crippen LogP) is 16.3. The summed E-state index contributed by atoms with van der Waals surface area (Å²) in [7, 11) is -3.65. The van der Waals surface area contributed by atoms with Crippen LogP contribution in [-0.4, -0.2) is 26.9 Å². The number of hydrogen-bond donors (Lipinski definition) is 0. The van der Waals surface area contributed by atoms with Crippen LogP contribution in [0.3, 0.4) is 0 Å². The van der Waals surface area contributed by atoms with Gasteiger partial charge >= 0.3 is 0 Å². The van der Waals surface area contributed by atoms with Gasteiger partial charge < -0.3 is 9.47 Å². The second kappa shape index (κ2) is 26.9. The lowest BCUT2D eigenvalue weighted by atomic mass is 9.95. The maximum absolute atomic E-state index is 14.3. The summed E-state index contributed by atoms with van der Waals surface area (Å²) in [6, 6.07) is 17.1. The van der Waals surface area contributed by atoms with Crippen LogP contribution in [0.1, 0.15) is 151 Å². The zero-order valence-corrected chi connectivity index (χ0v) is 40.6. The zero-order chi connectivity index (χ0) is 44.8. The third-order valence-electron chi connectivity index (χ3n) is 11.5. The molecule has 0 aliphatic rings. The molecule has 0 saturated heterocycles. The molecule has 5 heteroatoms. The van der Waals surface area contributed by atoms with Crippen LogP contribution in [0.4, 0.5) is 0 Å². The normalized spacial score (nSPS) is 14.1. The Morgan fingerprint density at radius 1 is 0.541 bits per heavy atom. The summed E-state index contributed by atoms with van der Waals surface area (Å²) >= 11 is 0. The van der Waals surface area contributed by atoms with Crippen molar-refractivity contribution in [2.75, 3.05) is 13.2 Å². The van der Waals surface area contributed by atoms with Crippen molar-refractivity contribution in [3.05, 3.63) is 147 Å². The lowest BCUT2D eigenvalue weighted by Gasteiger charge is -2.21. The highest BCUT2D eigenvalue weighted by molar-refractivity contribution is 7.92. The van der Waals surface area contributed by atoms with Gasteiger partial charge in [-0.1, -0.05) is 124 Å². The summed E-state index contributed by atoms with van der Waals surface area (Å²) in [5.74, 6) is 1.69. The van der Waals surface area contributed by atoms with E-state index in [2.05, 4.69) is 110 Å². The van der Waals surface area contributed by atoms with Crippen LogP contribution in [0, 0.1) is 6.92 Å². The van der Waals surface area contributed by atoms with Gasteiger partial charge in [-0.3, -0.25) is 0 Å². The molecule has 0 fully saturated rings. The topological polar surface area (TPSA) is 52.6 Å². The average Bonchev–Trinajstić information content (AvgIpc) is 3.22. The first-order valence-corrected chi connectivity index (χ1v) is 24.4. The summed E-state index contributed by atoms with van der Waals surface area (Å²) in [5.41, 5.74) is 11.3. The van der Waals surface area contributed by atoms with Gasteiger partial charge in [-0.15, -0.1) is 0 Å². The molecule has 0 bridgehead atoms. The van der Waals surface area contributed by atoms with Crippen LogP contribution < -0.4 is 9.47 Å². The first kappa shape index (κ1) is 51.0. The van der Waals surface area contributed by atoms with Crippen LogP contribution in [0.15, 0.2) is 141 Å². The van der Waals surface area contributed by atoms with Crippen LogP contribution in [0.5, 0.6) is 11.5 Å². The summed E-state index contributed by atoms with van der Waals surface area (Å²) in [4.78, 5) is 0.351. The van der Waals surface area contributed by atoms with E-state index in [9.17, 15) is 8.42 Å². The fraction of sp³-hybridized carbons (Fsp3) is 0.464. The largest absolute Gasteiger partial charge is 0.493 e. The maximum Gasteiger partial charge on any atom is 0.185 e. The molecule has 0 N–H and O–H groups in total. The van der Waals surface area contributed by atoms with Crippen molar-refractivity contribution in [1.82, 2.24) is 0 Å². The quantitative estimate of drug-likeness (QED) is 0.0755. The van der Waals surface area contributed by atoms with Gasteiger partial charge in [0.05, 0.1) is 23.4 Å². The molecular weight excluding hydrogens is 769 g/mol. The molecule has 4 nitrogen and oxygen atoms in total. The van der Waals surface area contributed by atoms with Crippen LogP contribution >= 0.6 is 0 Å². The number of hydrogen-bond acceptors (Lipinski definition) is 4. The Labute approximate surface area is 372 Å².